The van der Waals surface area contributed by atoms with Gasteiger partial charge in [-0.1, -0.05) is 13.8 Å². The van der Waals surface area contributed by atoms with E-state index in [2.05, 4.69) is 6.92 Å². The lowest BCUT2D eigenvalue weighted by Gasteiger charge is -2.60. The molecule has 0 aromatic rings. The number of amides is 1. The fourth-order valence-corrected chi connectivity index (χ4v) is 7.64. The van der Waals surface area contributed by atoms with Gasteiger partial charge >= 0.3 is 0 Å². The number of aliphatic hydroxyl groups is 3. The summed E-state index contributed by atoms with van der Waals surface area (Å²) in [6, 6.07) is 0. The molecule has 7 nitrogen and oxygen atoms in total. The fraction of sp³-hybridized carbons (Fsp3) is 0.875. The van der Waals surface area contributed by atoms with Gasteiger partial charge in [0.25, 0.3) is 0 Å². The van der Waals surface area contributed by atoms with E-state index in [1.165, 1.54) is 4.90 Å². The van der Waals surface area contributed by atoms with Gasteiger partial charge < -0.3 is 20.2 Å². The number of nitrogens with zero attached hydrogens (tertiary/aromatic N) is 1. The first-order valence-corrected chi connectivity index (χ1v) is 11.6. The Labute approximate surface area is 185 Å². The molecule has 0 heterocycles. The summed E-state index contributed by atoms with van der Waals surface area (Å²) in [5, 5.41) is 30.6. The van der Waals surface area contributed by atoms with Gasteiger partial charge in [-0.25, -0.2) is 0 Å². The third-order valence-electron chi connectivity index (χ3n) is 9.29. The van der Waals surface area contributed by atoms with Gasteiger partial charge in [0, 0.05) is 31.8 Å². The van der Waals surface area contributed by atoms with Crippen LogP contribution in [0.3, 0.4) is 0 Å². The summed E-state index contributed by atoms with van der Waals surface area (Å²) in [5.41, 5.74) is -2.40. The zero-order valence-electron chi connectivity index (χ0n) is 19.3. The van der Waals surface area contributed by atoms with E-state index < -0.39 is 23.4 Å². The number of carbonyl (C=O) groups excluding carboxylic acids is 3. The molecule has 4 rings (SSSR count). The van der Waals surface area contributed by atoms with Gasteiger partial charge in [0.2, 0.25) is 6.41 Å². The molecule has 0 aliphatic heterocycles. The smallest absolute Gasteiger partial charge is 0.209 e. The first kappa shape index (κ1) is 24.3. The molecule has 4 aliphatic carbocycles. The van der Waals surface area contributed by atoms with Crippen molar-refractivity contribution >= 4 is 18.0 Å². The number of aliphatic hydroxyl groups excluding tert-OH is 2. The first-order valence-electron chi connectivity index (χ1n) is 11.6. The Bertz CT molecular complexity index is 725. The first-order chi connectivity index (χ1) is 14.4. The molecule has 3 N–H and O–H groups in total. The highest BCUT2D eigenvalue weighted by atomic mass is 16.3. The number of rotatable bonds is 3. The van der Waals surface area contributed by atoms with Crippen molar-refractivity contribution in [3.63, 3.8) is 0 Å². The number of carbonyl (C=O) groups is 3. The van der Waals surface area contributed by atoms with E-state index in [-0.39, 0.29) is 41.5 Å². The second-order valence-electron chi connectivity index (χ2n) is 11.1. The molecule has 0 saturated heterocycles. The van der Waals surface area contributed by atoms with Gasteiger partial charge in [-0.05, 0) is 68.1 Å². The lowest BCUT2D eigenvalue weighted by Crippen LogP contribution is -2.62. The van der Waals surface area contributed by atoms with E-state index >= 15 is 0 Å². The van der Waals surface area contributed by atoms with Crippen molar-refractivity contribution in [3.05, 3.63) is 0 Å². The van der Waals surface area contributed by atoms with Crippen LogP contribution in [0.2, 0.25) is 0 Å². The maximum Gasteiger partial charge on any atom is 0.209 e. The minimum Gasteiger partial charge on any atom is -0.393 e. The Morgan fingerprint density at radius 1 is 1.16 bits per heavy atom. The number of hydrogen-bond donors (Lipinski definition) is 3. The van der Waals surface area contributed by atoms with E-state index in [1.807, 2.05) is 6.92 Å². The molecule has 1 amide bonds. The third kappa shape index (κ3) is 3.76. The predicted molar refractivity (Wildman–Crippen MR) is 115 cm³/mol. The SMILES string of the molecule is CN(C)C=O.C[C@]12CC[C@@H](O)C[C@H]1CC[C@@H]1[C@@H]2C(=O)C[C@@]2(C)[C@H]1CC[C@]2(O)C(=O)CO. The summed E-state index contributed by atoms with van der Waals surface area (Å²) in [4.78, 5) is 36.6. The number of Topliss-reactive ketones (excluding diaryl/α,β-unsaturated/α-hetero) is 2. The molecule has 4 fully saturated rings. The maximum atomic E-state index is 13.4. The van der Waals surface area contributed by atoms with E-state index in [0.717, 1.165) is 44.9 Å². The minimum absolute atomic E-state index is 0.0154. The molecule has 8 atom stereocenters. The van der Waals surface area contributed by atoms with Crippen LogP contribution in [-0.2, 0) is 14.4 Å². The van der Waals surface area contributed by atoms with Crippen molar-refractivity contribution in [1.82, 2.24) is 4.90 Å². The Balaban J connectivity index is 0.000000491. The van der Waals surface area contributed by atoms with E-state index in [9.17, 15) is 29.7 Å². The van der Waals surface area contributed by atoms with Crippen LogP contribution in [-0.4, -0.2) is 70.6 Å². The van der Waals surface area contributed by atoms with Crippen LogP contribution in [0, 0.1) is 34.5 Å². The quantitative estimate of drug-likeness (QED) is 0.577. The van der Waals surface area contributed by atoms with E-state index in [1.54, 1.807) is 14.1 Å². The molecular weight excluding hydrogens is 398 g/mol. The summed E-state index contributed by atoms with van der Waals surface area (Å²) >= 11 is 0. The average molecular weight is 438 g/mol. The summed E-state index contributed by atoms with van der Waals surface area (Å²) in [6.45, 7) is 3.46. The van der Waals surface area contributed by atoms with Crippen LogP contribution in [0.15, 0.2) is 0 Å². The molecule has 4 aliphatic rings. The van der Waals surface area contributed by atoms with Gasteiger partial charge in [0.15, 0.2) is 5.78 Å². The largest absolute Gasteiger partial charge is 0.393 e. The minimum atomic E-state index is -1.58. The molecular formula is C24H39NO6. The molecule has 4 saturated carbocycles. The van der Waals surface area contributed by atoms with Crippen LogP contribution >= 0.6 is 0 Å². The second-order valence-corrected chi connectivity index (χ2v) is 11.1. The standard InChI is InChI=1S/C21H32O5.C3H7NO/c1-19-7-5-13(23)9-12(19)3-4-14-15-6-8-21(26,17(25)11-22)20(15,2)10-16(24)18(14)19;1-4(2)3-5/h12-15,18,22-23,26H,3-11H2,1-2H3;3H,1-2H3/t12-,13-,14+,15+,18-,19+,20+,21+;/m1./s1. The van der Waals surface area contributed by atoms with E-state index in [4.69, 9.17) is 0 Å². The van der Waals surface area contributed by atoms with Crippen molar-refractivity contribution in [2.75, 3.05) is 20.7 Å². The van der Waals surface area contributed by atoms with Crippen molar-refractivity contribution in [1.29, 1.82) is 0 Å². The van der Waals surface area contributed by atoms with Crippen LogP contribution < -0.4 is 0 Å². The lowest BCUT2D eigenvalue weighted by molar-refractivity contribution is -0.180. The average Bonchev–Trinajstić information content (AvgIpc) is 2.99. The number of fused-ring (bicyclic) bond motifs is 5. The van der Waals surface area contributed by atoms with E-state index in [0.29, 0.717) is 12.3 Å². The second kappa shape index (κ2) is 8.56. The molecule has 0 aromatic heterocycles. The van der Waals surface area contributed by atoms with Gasteiger partial charge in [-0.2, -0.15) is 0 Å². The molecule has 176 valence electrons. The third-order valence-corrected chi connectivity index (χ3v) is 9.29. The Kier molecular flexibility index (Phi) is 6.72. The van der Waals surface area contributed by atoms with Crippen LogP contribution in [0.1, 0.15) is 65.2 Å². The molecule has 0 bridgehead atoms. The van der Waals surface area contributed by atoms with Crippen LogP contribution in [0.4, 0.5) is 0 Å². The number of hydrogen-bond acceptors (Lipinski definition) is 6. The molecule has 0 aromatic carbocycles. The molecule has 31 heavy (non-hydrogen) atoms. The highest BCUT2D eigenvalue weighted by Crippen LogP contribution is 2.67. The van der Waals surface area contributed by atoms with Crippen molar-refractivity contribution < 1.29 is 29.7 Å². The van der Waals surface area contributed by atoms with Crippen LogP contribution in [0.25, 0.3) is 0 Å². The van der Waals surface area contributed by atoms with Crippen LogP contribution in [0.5, 0.6) is 0 Å². The maximum absolute atomic E-state index is 13.4. The van der Waals surface area contributed by atoms with Gasteiger partial charge in [-0.15, -0.1) is 0 Å². The molecule has 0 unspecified atom stereocenters. The molecule has 7 heteroatoms. The summed E-state index contributed by atoms with van der Waals surface area (Å²) < 4.78 is 0. The highest BCUT2D eigenvalue weighted by Gasteiger charge is 2.68. The summed E-state index contributed by atoms with van der Waals surface area (Å²) in [6.07, 6.45) is 6.22. The van der Waals surface area contributed by atoms with Crippen molar-refractivity contribution in [2.24, 2.45) is 34.5 Å². The number of ketones is 2. The zero-order chi connectivity index (χ0) is 23.2. The van der Waals surface area contributed by atoms with Gasteiger partial charge in [-0.3, -0.25) is 14.4 Å². The molecule has 0 radical (unpaired) electrons. The summed E-state index contributed by atoms with van der Waals surface area (Å²) in [7, 11) is 3.38. The van der Waals surface area contributed by atoms with Crippen molar-refractivity contribution in [3.8, 4) is 0 Å². The Hall–Kier alpha value is -1.31. The Morgan fingerprint density at radius 3 is 2.39 bits per heavy atom. The van der Waals surface area contributed by atoms with Crippen molar-refractivity contribution in [2.45, 2.75) is 76.9 Å². The lowest BCUT2D eigenvalue weighted by atomic mass is 9.44. The monoisotopic (exact) mass is 437 g/mol. The normalized spacial score (nSPS) is 46.0. The topological polar surface area (TPSA) is 115 Å². The highest BCUT2D eigenvalue weighted by molar-refractivity contribution is 5.92. The van der Waals surface area contributed by atoms with Gasteiger partial charge in [0.1, 0.15) is 18.0 Å². The summed E-state index contributed by atoms with van der Waals surface area (Å²) in [5.74, 6) is 0.380. The predicted octanol–water partition coefficient (Wildman–Crippen LogP) is 1.57. The van der Waals surface area contributed by atoms with Gasteiger partial charge in [0.05, 0.1) is 6.10 Å². The zero-order valence-corrected chi connectivity index (χ0v) is 19.3. The Morgan fingerprint density at radius 2 is 1.81 bits per heavy atom. The molecule has 0 spiro atoms. The fourth-order valence-electron chi connectivity index (χ4n) is 7.64.